The highest BCUT2D eigenvalue weighted by atomic mass is 16.5. The Morgan fingerprint density at radius 2 is 1.63 bits per heavy atom. The standard InChI is InChI=1S/C24H25N3O8/c1-14(28)15-4-7-18(8-5-15)25-21(29)13-35-24(32)17-11-22(30)27(12-17)26-23(31)16-6-9-19(33-2)20(10-16)34-3/h4-10,17H,11-13H2,1-3H3,(H,25,29)(H,26,31)/t17-/m0/s1. The van der Waals surface area contributed by atoms with Crippen LogP contribution in [0.15, 0.2) is 42.5 Å². The zero-order valence-electron chi connectivity index (χ0n) is 19.5. The maximum atomic E-state index is 12.5. The number of nitrogens with one attached hydrogen (secondary N) is 2. The van der Waals surface area contributed by atoms with Crippen LogP contribution in [0.25, 0.3) is 0 Å². The third kappa shape index (κ3) is 6.34. The molecule has 2 N–H and O–H groups in total. The molecular formula is C24H25N3O8. The number of rotatable bonds is 9. The summed E-state index contributed by atoms with van der Waals surface area (Å²) >= 11 is 0. The topological polar surface area (TPSA) is 140 Å². The summed E-state index contributed by atoms with van der Waals surface area (Å²) < 4.78 is 15.3. The van der Waals surface area contributed by atoms with Gasteiger partial charge in [0.1, 0.15) is 0 Å². The number of methoxy groups -OCH3 is 2. The third-order valence-corrected chi connectivity index (χ3v) is 5.26. The van der Waals surface area contributed by atoms with Gasteiger partial charge in [-0.15, -0.1) is 0 Å². The van der Waals surface area contributed by atoms with Gasteiger partial charge in [0.2, 0.25) is 5.91 Å². The number of nitrogens with zero attached hydrogens (tertiary/aromatic N) is 1. The van der Waals surface area contributed by atoms with Gasteiger partial charge in [-0.2, -0.15) is 0 Å². The Bertz CT molecular complexity index is 1150. The molecule has 1 aliphatic heterocycles. The van der Waals surface area contributed by atoms with Gasteiger partial charge in [-0.25, -0.2) is 0 Å². The largest absolute Gasteiger partial charge is 0.493 e. The van der Waals surface area contributed by atoms with Crippen LogP contribution in [0.5, 0.6) is 11.5 Å². The Morgan fingerprint density at radius 3 is 2.26 bits per heavy atom. The average molecular weight is 483 g/mol. The van der Waals surface area contributed by atoms with E-state index >= 15 is 0 Å². The molecular weight excluding hydrogens is 458 g/mol. The number of hydrogen-bond donors (Lipinski definition) is 2. The monoisotopic (exact) mass is 483 g/mol. The Morgan fingerprint density at radius 1 is 0.971 bits per heavy atom. The van der Waals surface area contributed by atoms with Crippen molar-refractivity contribution in [3.63, 3.8) is 0 Å². The number of amides is 3. The predicted molar refractivity (Wildman–Crippen MR) is 123 cm³/mol. The van der Waals surface area contributed by atoms with E-state index in [0.29, 0.717) is 22.7 Å². The molecule has 184 valence electrons. The summed E-state index contributed by atoms with van der Waals surface area (Å²) in [5, 5.41) is 3.60. The van der Waals surface area contributed by atoms with E-state index in [1.54, 1.807) is 30.3 Å². The normalized spacial score (nSPS) is 14.8. The molecule has 11 nitrogen and oxygen atoms in total. The van der Waals surface area contributed by atoms with Gasteiger partial charge in [0, 0.05) is 23.2 Å². The number of ether oxygens (including phenoxy) is 3. The molecule has 2 aromatic rings. The van der Waals surface area contributed by atoms with E-state index in [2.05, 4.69) is 10.7 Å². The van der Waals surface area contributed by atoms with E-state index in [-0.39, 0.29) is 24.3 Å². The van der Waals surface area contributed by atoms with Gasteiger partial charge in [0.05, 0.1) is 26.7 Å². The molecule has 11 heteroatoms. The minimum Gasteiger partial charge on any atom is -0.493 e. The van der Waals surface area contributed by atoms with E-state index in [1.165, 1.54) is 33.3 Å². The van der Waals surface area contributed by atoms with Crippen LogP contribution in [0.4, 0.5) is 5.69 Å². The maximum absolute atomic E-state index is 12.5. The van der Waals surface area contributed by atoms with E-state index < -0.39 is 36.2 Å². The number of esters is 1. The smallest absolute Gasteiger partial charge is 0.311 e. The lowest BCUT2D eigenvalue weighted by molar-refractivity contribution is -0.151. The first-order chi connectivity index (χ1) is 16.7. The number of ketones is 1. The first-order valence-corrected chi connectivity index (χ1v) is 10.6. The van der Waals surface area contributed by atoms with Gasteiger partial charge >= 0.3 is 5.97 Å². The second-order valence-corrected chi connectivity index (χ2v) is 7.71. The minimum atomic E-state index is -0.837. The Kier molecular flexibility index (Phi) is 8.03. The van der Waals surface area contributed by atoms with Gasteiger partial charge in [-0.1, -0.05) is 0 Å². The SMILES string of the molecule is COc1ccc(C(=O)NN2C[C@@H](C(=O)OCC(=O)Nc3ccc(C(C)=O)cc3)CC2=O)cc1OC. The molecule has 0 spiro atoms. The molecule has 1 aliphatic rings. The molecule has 2 aromatic carbocycles. The van der Waals surface area contributed by atoms with Crippen LogP contribution in [0, 0.1) is 5.92 Å². The van der Waals surface area contributed by atoms with E-state index in [9.17, 15) is 24.0 Å². The van der Waals surface area contributed by atoms with Crippen LogP contribution in [0.3, 0.4) is 0 Å². The van der Waals surface area contributed by atoms with Crippen molar-refractivity contribution in [1.82, 2.24) is 10.4 Å². The number of anilines is 1. The van der Waals surface area contributed by atoms with Gasteiger partial charge < -0.3 is 19.5 Å². The van der Waals surface area contributed by atoms with Crippen LogP contribution in [0.2, 0.25) is 0 Å². The van der Waals surface area contributed by atoms with Crippen molar-refractivity contribution < 1.29 is 38.2 Å². The zero-order valence-corrected chi connectivity index (χ0v) is 19.5. The first kappa shape index (κ1) is 25.2. The Labute approximate surface area is 201 Å². The number of hydrogen-bond acceptors (Lipinski definition) is 8. The summed E-state index contributed by atoms with van der Waals surface area (Å²) in [5.74, 6) is -2.48. The molecule has 1 fully saturated rings. The van der Waals surface area contributed by atoms with Crippen molar-refractivity contribution in [2.24, 2.45) is 5.92 Å². The van der Waals surface area contributed by atoms with Gasteiger partial charge in [0.25, 0.3) is 11.8 Å². The highest BCUT2D eigenvalue weighted by Crippen LogP contribution is 2.27. The molecule has 1 saturated heterocycles. The lowest BCUT2D eigenvalue weighted by atomic mass is 10.1. The van der Waals surface area contributed by atoms with Crippen LogP contribution in [0.1, 0.15) is 34.1 Å². The van der Waals surface area contributed by atoms with Gasteiger partial charge in [-0.05, 0) is 49.4 Å². The fourth-order valence-corrected chi connectivity index (χ4v) is 3.38. The number of carbonyl (C=O) groups is 5. The van der Waals surface area contributed by atoms with Crippen LogP contribution in [-0.2, 0) is 19.1 Å². The summed E-state index contributed by atoms with van der Waals surface area (Å²) in [6.07, 6.45) is -0.167. The molecule has 1 atom stereocenters. The molecule has 0 radical (unpaired) electrons. The fourth-order valence-electron chi connectivity index (χ4n) is 3.38. The second kappa shape index (κ2) is 11.1. The number of Topliss-reactive ketones (excluding diaryl/α,β-unsaturated/α-hetero) is 1. The molecule has 3 rings (SSSR count). The lowest BCUT2D eigenvalue weighted by Gasteiger charge is -2.18. The van der Waals surface area contributed by atoms with Crippen molar-refractivity contribution in [3.8, 4) is 11.5 Å². The molecule has 1 heterocycles. The van der Waals surface area contributed by atoms with E-state index in [1.807, 2.05) is 0 Å². The number of benzene rings is 2. The maximum Gasteiger partial charge on any atom is 0.311 e. The van der Waals surface area contributed by atoms with E-state index in [0.717, 1.165) is 5.01 Å². The molecule has 0 bridgehead atoms. The average Bonchev–Trinajstić information content (AvgIpc) is 3.22. The van der Waals surface area contributed by atoms with Crippen molar-refractivity contribution >= 4 is 35.2 Å². The van der Waals surface area contributed by atoms with Crippen molar-refractivity contribution in [2.75, 3.05) is 32.7 Å². The van der Waals surface area contributed by atoms with Crippen molar-refractivity contribution in [3.05, 3.63) is 53.6 Å². The number of carbonyl (C=O) groups excluding carboxylic acids is 5. The molecule has 0 unspecified atom stereocenters. The Hall–Kier alpha value is -4.41. The second-order valence-electron chi connectivity index (χ2n) is 7.71. The van der Waals surface area contributed by atoms with Crippen LogP contribution in [-0.4, -0.2) is 61.9 Å². The van der Waals surface area contributed by atoms with Crippen molar-refractivity contribution in [2.45, 2.75) is 13.3 Å². The number of hydrazine groups is 1. The van der Waals surface area contributed by atoms with Crippen LogP contribution >= 0.6 is 0 Å². The predicted octanol–water partition coefficient (Wildman–Crippen LogP) is 1.58. The summed E-state index contributed by atoms with van der Waals surface area (Å²) in [6.45, 7) is 0.796. The summed E-state index contributed by atoms with van der Waals surface area (Å²) in [5.41, 5.74) is 3.64. The Balaban J connectivity index is 1.49. The molecule has 3 amide bonds. The summed E-state index contributed by atoms with van der Waals surface area (Å²) in [7, 11) is 2.90. The highest BCUT2D eigenvalue weighted by Gasteiger charge is 2.36. The third-order valence-electron chi connectivity index (χ3n) is 5.26. The van der Waals surface area contributed by atoms with Gasteiger partial charge in [0.15, 0.2) is 23.9 Å². The molecule has 0 aliphatic carbocycles. The summed E-state index contributed by atoms with van der Waals surface area (Å²) in [6, 6.07) is 10.8. The highest BCUT2D eigenvalue weighted by molar-refractivity contribution is 5.98. The van der Waals surface area contributed by atoms with Crippen molar-refractivity contribution in [1.29, 1.82) is 0 Å². The lowest BCUT2D eigenvalue weighted by Crippen LogP contribution is -2.43. The van der Waals surface area contributed by atoms with Crippen LogP contribution < -0.4 is 20.2 Å². The molecule has 0 aromatic heterocycles. The van der Waals surface area contributed by atoms with E-state index in [4.69, 9.17) is 14.2 Å². The fraction of sp³-hybridized carbons (Fsp3) is 0.292. The zero-order chi connectivity index (χ0) is 25.5. The molecule has 0 saturated carbocycles. The summed E-state index contributed by atoms with van der Waals surface area (Å²) in [4.78, 5) is 60.6. The first-order valence-electron chi connectivity index (χ1n) is 10.6. The minimum absolute atomic E-state index is 0.0924. The molecule has 35 heavy (non-hydrogen) atoms. The quantitative estimate of drug-likeness (QED) is 0.405. The van der Waals surface area contributed by atoms with Gasteiger partial charge in [-0.3, -0.25) is 34.4 Å².